The van der Waals surface area contributed by atoms with Gasteiger partial charge in [-0.25, -0.2) is 8.42 Å². The summed E-state index contributed by atoms with van der Waals surface area (Å²) in [6, 6.07) is 16.1. The zero-order chi connectivity index (χ0) is 30.2. The maximum Gasteiger partial charge on any atom is 0.269 e. The van der Waals surface area contributed by atoms with Crippen molar-refractivity contribution in [3.8, 4) is 0 Å². The third kappa shape index (κ3) is 7.96. The molecule has 3 rings (SSSR count). The van der Waals surface area contributed by atoms with Crippen LogP contribution in [0.3, 0.4) is 0 Å². The first kappa shape index (κ1) is 31.9. The van der Waals surface area contributed by atoms with Gasteiger partial charge in [-0.05, 0) is 49.7 Å². The lowest BCUT2D eigenvalue weighted by molar-refractivity contribution is -0.384. The molecule has 10 nitrogen and oxygen atoms in total. The fraction of sp³-hybridized carbons (Fsp3) is 0.286. The van der Waals surface area contributed by atoms with E-state index < -0.39 is 39.3 Å². The van der Waals surface area contributed by atoms with Crippen molar-refractivity contribution < 1.29 is 22.9 Å². The predicted molar refractivity (Wildman–Crippen MR) is 158 cm³/mol. The van der Waals surface area contributed by atoms with Gasteiger partial charge in [0.05, 0.1) is 15.5 Å². The Morgan fingerprint density at radius 3 is 2.15 bits per heavy atom. The lowest BCUT2D eigenvalue weighted by Gasteiger charge is -2.32. The third-order valence-electron chi connectivity index (χ3n) is 6.35. The molecular formula is C28H30Cl2N4O6S. The summed E-state index contributed by atoms with van der Waals surface area (Å²) in [6.07, 6.45) is 1.60. The van der Waals surface area contributed by atoms with E-state index in [2.05, 4.69) is 5.32 Å². The number of nitro benzene ring substituents is 1. The number of rotatable bonds is 13. The number of sulfonamides is 1. The molecule has 0 fully saturated rings. The van der Waals surface area contributed by atoms with E-state index in [-0.39, 0.29) is 32.9 Å². The first-order valence-electron chi connectivity index (χ1n) is 12.8. The van der Waals surface area contributed by atoms with Gasteiger partial charge in [-0.15, -0.1) is 0 Å². The molecule has 1 atom stereocenters. The molecule has 13 heteroatoms. The van der Waals surface area contributed by atoms with Crippen molar-refractivity contribution in [2.24, 2.45) is 0 Å². The zero-order valence-corrected chi connectivity index (χ0v) is 24.8. The van der Waals surface area contributed by atoms with Gasteiger partial charge >= 0.3 is 0 Å². The number of hydrogen-bond acceptors (Lipinski definition) is 6. The molecule has 2 amide bonds. The summed E-state index contributed by atoms with van der Waals surface area (Å²) in [5, 5.41) is 14.5. The van der Waals surface area contributed by atoms with Crippen molar-refractivity contribution in [2.45, 2.75) is 44.2 Å². The Morgan fingerprint density at radius 1 is 0.976 bits per heavy atom. The molecule has 0 aliphatic heterocycles. The van der Waals surface area contributed by atoms with Crippen molar-refractivity contribution in [2.75, 3.05) is 17.4 Å². The number of nitrogens with one attached hydrogen (secondary N) is 1. The number of carbonyl (C=O) groups is 2. The highest BCUT2D eigenvalue weighted by Gasteiger charge is 2.33. The predicted octanol–water partition coefficient (Wildman–Crippen LogP) is 5.43. The molecule has 0 aliphatic rings. The van der Waals surface area contributed by atoms with Gasteiger partial charge in [0, 0.05) is 40.8 Å². The molecule has 218 valence electrons. The molecule has 0 aromatic heterocycles. The molecule has 0 radical (unpaired) electrons. The maximum absolute atomic E-state index is 13.9. The van der Waals surface area contributed by atoms with E-state index in [9.17, 15) is 28.1 Å². The molecule has 1 N–H and O–H groups in total. The van der Waals surface area contributed by atoms with Crippen LogP contribution < -0.4 is 9.62 Å². The highest BCUT2D eigenvalue weighted by molar-refractivity contribution is 7.92. The summed E-state index contributed by atoms with van der Waals surface area (Å²) in [4.78, 5) is 38.7. The number of nitrogens with zero attached hydrogens (tertiary/aromatic N) is 3. The van der Waals surface area contributed by atoms with E-state index in [1.54, 1.807) is 24.3 Å². The minimum absolute atomic E-state index is 0.0311. The molecule has 0 saturated carbocycles. The van der Waals surface area contributed by atoms with Crippen LogP contribution in [0, 0.1) is 10.1 Å². The first-order chi connectivity index (χ1) is 19.5. The largest absolute Gasteiger partial charge is 0.354 e. The van der Waals surface area contributed by atoms with Crippen LogP contribution in [0.15, 0.2) is 77.7 Å². The minimum Gasteiger partial charge on any atom is -0.354 e. The van der Waals surface area contributed by atoms with Crippen molar-refractivity contribution >= 4 is 56.4 Å². The van der Waals surface area contributed by atoms with Crippen LogP contribution in [0.25, 0.3) is 0 Å². The molecule has 3 aromatic carbocycles. The number of amides is 2. The van der Waals surface area contributed by atoms with Crippen LogP contribution in [0.1, 0.15) is 32.3 Å². The fourth-order valence-corrected chi connectivity index (χ4v) is 5.91. The fourth-order valence-electron chi connectivity index (χ4n) is 3.96. The topological polar surface area (TPSA) is 130 Å². The van der Waals surface area contributed by atoms with Gasteiger partial charge in [0.15, 0.2) is 0 Å². The molecule has 41 heavy (non-hydrogen) atoms. The summed E-state index contributed by atoms with van der Waals surface area (Å²) < 4.78 is 28.4. The second-order valence-corrected chi connectivity index (χ2v) is 11.8. The number of carbonyl (C=O) groups excluding carboxylic acids is 2. The molecule has 3 aromatic rings. The number of halogens is 2. The molecule has 0 heterocycles. The van der Waals surface area contributed by atoms with Crippen LogP contribution >= 0.6 is 23.2 Å². The van der Waals surface area contributed by atoms with Gasteiger partial charge in [-0.1, -0.05) is 60.8 Å². The Bertz CT molecular complexity index is 1470. The summed E-state index contributed by atoms with van der Waals surface area (Å²) in [5.41, 5.74) is 0.179. The minimum atomic E-state index is -4.31. The van der Waals surface area contributed by atoms with Crippen molar-refractivity contribution in [1.82, 2.24) is 10.2 Å². The normalized spacial score (nSPS) is 11.9. The number of anilines is 1. The molecular weight excluding hydrogens is 591 g/mol. The monoisotopic (exact) mass is 620 g/mol. The van der Waals surface area contributed by atoms with Gasteiger partial charge in [0.1, 0.15) is 12.6 Å². The summed E-state index contributed by atoms with van der Waals surface area (Å²) in [7, 11) is -4.31. The summed E-state index contributed by atoms with van der Waals surface area (Å²) in [6.45, 7) is 3.05. The Labute approximate surface area is 249 Å². The highest BCUT2D eigenvalue weighted by Crippen LogP contribution is 2.29. The first-order valence-corrected chi connectivity index (χ1v) is 15.0. The molecule has 0 spiro atoms. The third-order valence-corrected chi connectivity index (χ3v) is 8.84. The maximum atomic E-state index is 13.9. The second-order valence-electron chi connectivity index (χ2n) is 9.14. The van der Waals surface area contributed by atoms with Crippen LogP contribution in [0.2, 0.25) is 10.0 Å². The molecule has 0 aliphatic carbocycles. The van der Waals surface area contributed by atoms with Gasteiger partial charge in [-0.3, -0.25) is 24.0 Å². The smallest absolute Gasteiger partial charge is 0.269 e. The Balaban J connectivity index is 2.05. The van der Waals surface area contributed by atoms with E-state index in [1.165, 1.54) is 48.2 Å². The summed E-state index contributed by atoms with van der Waals surface area (Å²) in [5.74, 6) is -1.14. The van der Waals surface area contributed by atoms with E-state index in [4.69, 9.17) is 23.2 Å². The van der Waals surface area contributed by atoms with Gasteiger partial charge in [0.25, 0.3) is 15.7 Å². The van der Waals surface area contributed by atoms with Gasteiger partial charge in [0.2, 0.25) is 11.8 Å². The van der Waals surface area contributed by atoms with Gasteiger partial charge in [-0.2, -0.15) is 0 Å². The average Bonchev–Trinajstić information content (AvgIpc) is 2.96. The van der Waals surface area contributed by atoms with Crippen LogP contribution in [-0.4, -0.2) is 49.2 Å². The lowest BCUT2D eigenvalue weighted by Crippen LogP contribution is -2.51. The lowest BCUT2D eigenvalue weighted by atomic mass is 10.1. The van der Waals surface area contributed by atoms with Gasteiger partial charge < -0.3 is 10.2 Å². The van der Waals surface area contributed by atoms with E-state index >= 15 is 0 Å². The Hall–Kier alpha value is -3.67. The second kappa shape index (κ2) is 14.3. The Kier molecular flexibility index (Phi) is 11.1. The Morgan fingerprint density at radius 2 is 1.59 bits per heavy atom. The summed E-state index contributed by atoms with van der Waals surface area (Å²) >= 11 is 12.8. The van der Waals surface area contributed by atoms with Crippen molar-refractivity contribution in [1.29, 1.82) is 0 Å². The quantitative estimate of drug-likeness (QED) is 0.154. The van der Waals surface area contributed by atoms with Crippen LogP contribution in [-0.2, 0) is 26.2 Å². The van der Waals surface area contributed by atoms with Crippen LogP contribution in [0.4, 0.5) is 11.4 Å². The number of nitro groups is 1. The molecule has 0 unspecified atom stereocenters. The van der Waals surface area contributed by atoms with Crippen molar-refractivity contribution in [3.63, 3.8) is 0 Å². The van der Waals surface area contributed by atoms with E-state index in [1.807, 2.05) is 6.92 Å². The highest BCUT2D eigenvalue weighted by atomic mass is 35.5. The number of non-ortho nitro benzene ring substituents is 1. The number of benzene rings is 3. The van der Waals surface area contributed by atoms with Crippen molar-refractivity contribution in [3.05, 3.63) is 98.5 Å². The SMILES string of the molecule is CCCCNC(=O)[C@H](C)N(Cc1c(Cl)cccc1Cl)C(=O)CN(c1ccc([N+](=O)[O-])cc1)S(=O)(=O)c1ccccc1. The average molecular weight is 622 g/mol. The van der Waals surface area contributed by atoms with E-state index in [0.29, 0.717) is 12.1 Å². The number of unbranched alkanes of at least 4 members (excludes halogenated alkanes) is 1. The van der Waals surface area contributed by atoms with Crippen LogP contribution in [0.5, 0.6) is 0 Å². The zero-order valence-electron chi connectivity index (χ0n) is 22.5. The molecule has 0 saturated heterocycles. The standard InChI is InChI=1S/C28H30Cl2N4O6S/c1-3-4-17-31-28(36)20(2)32(18-24-25(29)11-8-12-26(24)30)27(35)19-33(21-13-15-22(16-14-21)34(37)38)41(39,40)23-9-6-5-7-10-23/h5-16,20H,3-4,17-19H2,1-2H3,(H,31,36)/t20-/m0/s1. The number of hydrogen-bond donors (Lipinski definition) is 1. The van der Waals surface area contributed by atoms with E-state index in [0.717, 1.165) is 29.3 Å². The molecule has 0 bridgehead atoms.